The molecule has 0 saturated heterocycles. The molecule has 4 heteroatoms. The number of halogens is 2. The Morgan fingerprint density at radius 1 is 1.00 bits per heavy atom. The normalized spacial score (nSPS) is 15.0. The maximum atomic E-state index is 6.14. The fourth-order valence-corrected chi connectivity index (χ4v) is 3.29. The van der Waals surface area contributed by atoms with Crippen LogP contribution in [0.4, 0.5) is 0 Å². The molecular formula is C17H17Cl2NO. The van der Waals surface area contributed by atoms with Crippen LogP contribution < -0.4 is 5.32 Å². The third-order valence-electron chi connectivity index (χ3n) is 3.71. The van der Waals surface area contributed by atoms with Gasteiger partial charge in [-0.15, -0.1) is 0 Å². The van der Waals surface area contributed by atoms with Crippen LogP contribution in [0, 0.1) is 0 Å². The molecule has 0 spiro atoms. The predicted octanol–water partition coefficient (Wildman–Crippen LogP) is 4.72. The largest absolute Gasteiger partial charge is 0.372 e. The average Bonchev–Trinajstić information content (AvgIpc) is 2.91. The van der Waals surface area contributed by atoms with Gasteiger partial charge in [-0.05, 0) is 47.0 Å². The zero-order valence-electron chi connectivity index (χ0n) is 11.8. The van der Waals surface area contributed by atoms with Crippen molar-refractivity contribution < 1.29 is 4.74 Å². The van der Waals surface area contributed by atoms with E-state index >= 15 is 0 Å². The summed E-state index contributed by atoms with van der Waals surface area (Å²) in [6.07, 6.45) is 0. The molecule has 0 bridgehead atoms. The van der Waals surface area contributed by atoms with Crippen molar-refractivity contribution in [1.29, 1.82) is 0 Å². The van der Waals surface area contributed by atoms with Crippen LogP contribution in [0.15, 0.2) is 36.4 Å². The van der Waals surface area contributed by atoms with E-state index in [-0.39, 0.29) is 6.04 Å². The van der Waals surface area contributed by atoms with Crippen molar-refractivity contribution in [3.05, 3.63) is 68.7 Å². The van der Waals surface area contributed by atoms with E-state index in [0.717, 1.165) is 12.1 Å². The van der Waals surface area contributed by atoms with Crippen molar-refractivity contribution in [2.45, 2.75) is 26.2 Å². The number of ether oxygens (including phenoxy) is 1. The molecule has 0 aliphatic carbocycles. The minimum atomic E-state index is 0.0806. The van der Waals surface area contributed by atoms with E-state index in [1.807, 2.05) is 12.1 Å². The van der Waals surface area contributed by atoms with E-state index in [0.29, 0.717) is 23.3 Å². The number of hydrogen-bond donors (Lipinski definition) is 1. The van der Waals surface area contributed by atoms with Gasteiger partial charge in [-0.2, -0.15) is 0 Å². The second kappa shape index (κ2) is 6.37. The van der Waals surface area contributed by atoms with Crippen LogP contribution in [0.1, 0.15) is 35.2 Å². The summed E-state index contributed by atoms with van der Waals surface area (Å²) in [6.45, 7) is 4.36. The Kier molecular flexibility index (Phi) is 4.51. The Balaban J connectivity index is 2.01. The van der Waals surface area contributed by atoms with Crippen LogP contribution in [-0.2, 0) is 18.0 Å². The summed E-state index contributed by atoms with van der Waals surface area (Å²) >= 11 is 12.3. The first kappa shape index (κ1) is 14.9. The van der Waals surface area contributed by atoms with Gasteiger partial charge in [0.25, 0.3) is 0 Å². The predicted molar refractivity (Wildman–Crippen MR) is 86.9 cm³/mol. The lowest BCUT2D eigenvalue weighted by Crippen LogP contribution is -2.22. The Labute approximate surface area is 135 Å². The molecular weight excluding hydrogens is 305 g/mol. The average molecular weight is 322 g/mol. The Hall–Kier alpha value is -1.06. The van der Waals surface area contributed by atoms with Gasteiger partial charge in [0.2, 0.25) is 0 Å². The maximum Gasteiger partial charge on any atom is 0.0725 e. The quantitative estimate of drug-likeness (QED) is 0.879. The van der Waals surface area contributed by atoms with Crippen LogP contribution in [0.3, 0.4) is 0 Å². The maximum absolute atomic E-state index is 6.14. The van der Waals surface area contributed by atoms with E-state index in [1.165, 1.54) is 16.7 Å². The summed E-state index contributed by atoms with van der Waals surface area (Å²) in [5.41, 5.74) is 4.83. The second-order valence-corrected chi connectivity index (χ2v) is 6.09. The van der Waals surface area contributed by atoms with Gasteiger partial charge in [0.1, 0.15) is 0 Å². The zero-order chi connectivity index (χ0) is 14.8. The molecule has 1 atom stereocenters. The van der Waals surface area contributed by atoms with Crippen molar-refractivity contribution in [2.75, 3.05) is 6.54 Å². The van der Waals surface area contributed by atoms with Crippen molar-refractivity contribution in [3.8, 4) is 0 Å². The lowest BCUT2D eigenvalue weighted by molar-refractivity contribution is 0.134. The molecule has 0 radical (unpaired) electrons. The molecule has 0 amide bonds. The third-order valence-corrected chi connectivity index (χ3v) is 4.14. The molecule has 3 rings (SSSR count). The van der Waals surface area contributed by atoms with Crippen molar-refractivity contribution in [2.24, 2.45) is 0 Å². The van der Waals surface area contributed by atoms with Crippen LogP contribution in [0.25, 0.3) is 0 Å². The summed E-state index contributed by atoms with van der Waals surface area (Å²) in [5.74, 6) is 0. The Bertz CT molecular complexity index is 637. The topological polar surface area (TPSA) is 21.3 Å². The zero-order valence-corrected chi connectivity index (χ0v) is 13.3. The molecule has 1 heterocycles. The molecule has 2 aromatic carbocycles. The standard InChI is InChI=1S/C17H17Cl2NO/c1-2-20-17(13-6-15(18)8-16(19)7-13)11-3-4-12-9-21-10-14(12)5-11/h3-8,17,20H,2,9-10H2,1H3. The number of benzene rings is 2. The summed E-state index contributed by atoms with van der Waals surface area (Å²) in [7, 11) is 0. The fourth-order valence-electron chi connectivity index (χ4n) is 2.75. The molecule has 110 valence electrons. The van der Waals surface area contributed by atoms with E-state index in [4.69, 9.17) is 27.9 Å². The van der Waals surface area contributed by atoms with E-state index in [1.54, 1.807) is 6.07 Å². The van der Waals surface area contributed by atoms with Gasteiger partial charge >= 0.3 is 0 Å². The monoisotopic (exact) mass is 321 g/mol. The minimum absolute atomic E-state index is 0.0806. The molecule has 0 saturated carbocycles. The summed E-state index contributed by atoms with van der Waals surface area (Å²) in [5, 5.41) is 4.82. The summed E-state index contributed by atoms with van der Waals surface area (Å²) < 4.78 is 5.49. The van der Waals surface area contributed by atoms with Crippen molar-refractivity contribution in [3.63, 3.8) is 0 Å². The SMILES string of the molecule is CCNC(c1cc(Cl)cc(Cl)c1)c1ccc2c(c1)COC2. The molecule has 21 heavy (non-hydrogen) atoms. The number of nitrogens with one attached hydrogen (secondary N) is 1. The smallest absolute Gasteiger partial charge is 0.0725 e. The molecule has 0 fully saturated rings. The van der Waals surface area contributed by atoms with Gasteiger partial charge in [0.15, 0.2) is 0 Å². The number of hydrogen-bond acceptors (Lipinski definition) is 2. The fraction of sp³-hybridized carbons (Fsp3) is 0.294. The molecule has 0 aromatic heterocycles. The Morgan fingerprint density at radius 3 is 2.43 bits per heavy atom. The highest BCUT2D eigenvalue weighted by atomic mass is 35.5. The van der Waals surface area contributed by atoms with Crippen LogP contribution >= 0.6 is 23.2 Å². The lowest BCUT2D eigenvalue weighted by Gasteiger charge is -2.20. The van der Waals surface area contributed by atoms with Crippen LogP contribution in [0.5, 0.6) is 0 Å². The lowest BCUT2D eigenvalue weighted by atomic mass is 9.95. The highest BCUT2D eigenvalue weighted by Crippen LogP contribution is 2.30. The van der Waals surface area contributed by atoms with Crippen molar-refractivity contribution >= 4 is 23.2 Å². The minimum Gasteiger partial charge on any atom is -0.372 e. The summed E-state index contributed by atoms with van der Waals surface area (Å²) in [4.78, 5) is 0. The first-order valence-corrected chi connectivity index (χ1v) is 7.82. The molecule has 1 aliphatic rings. The van der Waals surface area contributed by atoms with Crippen LogP contribution in [0.2, 0.25) is 10.0 Å². The van der Waals surface area contributed by atoms with Gasteiger partial charge in [0.05, 0.1) is 19.3 Å². The van der Waals surface area contributed by atoms with Gasteiger partial charge in [-0.1, -0.05) is 48.3 Å². The number of rotatable bonds is 4. The first-order chi connectivity index (χ1) is 10.2. The number of fused-ring (bicyclic) bond motifs is 1. The van der Waals surface area contributed by atoms with Gasteiger partial charge in [0, 0.05) is 10.0 Å². The van der Waals surface area contributed by atoms with E-state index in [2.05, 4.69) is 30.4 Å². The van der Waals surface area contributed by atoms with Gasteiger partial charge in [-0.3, -0.25) is 0 Å². The first-order valence-electron chi connectivity index (χ1n) is 7.06. The molecule has 1 aliphatic heterocycles. The highest BCUT2D eigenvalue weighted by molar-refractivity contribution is 6.34. The van der Waals surface area contributed by atoms with Crippen LogP contribution in [-0.4, -0.2) is 6.54 Å². The third kappa shape index (κ3) is 3.24. The molecule has 1 N–H and O–H groups in total. The molecule has 1 unspecified atom stereocenters. The highest BCUT2D eigenvalue weighted by Gasteiger charge is 2.18. The van der Waals surface area contributed by atoms with E-state index < -0.39 is 0 Å². The van der Waals surface area contributed by atoms with Crippen molar-refractivity contribution in [1.82, 2.24) is 5.32 Å². The molecule has 2 nitrogen and oxygen atoms in total. The Morgan fingerprint density at radius 2 is 1.71 bits per heavy atom. The molecule has 2 aromatic rings. The van der Waals surface area contributed by atoms with Gasteiger partial charge < -0.3 is 10.1 Å². The second-order valence-electron chi connectivity index (χ2n) is 5.21. The van der Waals surface area contributed by atoms with E-state index in [9.17, 15) is 0 Å². The summed E-state index contributed by atoms with van der Waals surface area (Å²) in [6, 6.07) is 12.3. The van der Waals surface area contributed by atoms with Gasteiger partial charge in [-0.25, -0.2) is 0 Å².